The topological polar surface area (TPSA) is 81.6 Å². The average molecular weight is 204 g/mol. The predicted octanol–water partition coefficient (Wildman–Crippen LogP) is 1.43. The second kappa shape index (κ2) is 3.73. The maximum atomic E-state index is 11.9. The van der Waals surface area contributed by atoms with Gasteiger partial charge in [0.25, 0.3) is 0 Å². The van der Waals surface area contributed by atoms with Gasteiger partial charge in [-0.25, -0.2) is 0 Å². The van der Waals surface area contributed by atoms with Crippen LogP contribution in [0.1, 0.15) is 25.7 Å². The highest BCUT2D eigenvalue weighted by molar-refractivity contribution is 5.97. The number of aromatic amines is 1. The van der Waals surface area contributed by atoms with Crippen molar-refractivity contribution in [3.05, 3.63) is 12.4 Å². The van der Waals surface area contributed by atoms with Crippen molar-refractivity contribution in [1.29, 1.82) is 5.26 Å². The molecular formula is C10H12N4O. The lowest BCUT2D eigenvalue weighted by molar-refractivity contribution is -0.122. The Morgan fingerprint density at radius 1 is 1.60 bits per heavy atom. The van der Waals surface area contributed by atoms with E-state index in [-0.39, 0.29) is 5.91 Å². The maximum Gasteiger partial charge on any atom is 0.244 e. The van der Waals surface area contributed by atoms with Crippen LogP contribution in [0.25, 0.3) is 0 Å². The van der Waals surface area contributed by atoms with Crippen LogP contribution in [0, 0.1) is 16.7 Å². The van der Waals surface area contributed by atoms with Gasteiger partial charge in [-0.15, -0.1) is 0 Å². The molecule has 15 heavy (non-hydrogen) atoms. The van der Waals surface area contributed by atoms with Gasteiger partial charge in [-0.3, -0.25) is 9.89 Å². The van der Waals surface area contributed by atoms with E-state index in [1.165, 1.54) is 6.20 Å². The zero-order valence-electron chi connectivity index (χ0n) is 8.29. The summed E-state index contributed by atoms with van der Waals surface area (Å²) in [5.74, 6) is -0.205. The van der Waals surface area contributed by atoms with E-state index in [1.807, 2.05) is 0 Å². The number of rotatable bonds is 2. The molecule has 5 nitrogen and oxygen atoms in total. The van der Waals surface area contributed by atoms with E-state index >= 15 is 0 Å². The summed E-state index contributed by atoms with van der Waals surface area (Å²) in [5, 5.41) is 18.1. The minimum absolute atomic E-state index is 0.205. The van der Waals surface area contributed by atoms with Gasteiger partial charge < -0.3 is 5.32 Å². The molecule has 1 fully saturated rings. The second-order valence-corrected chi connectivity index (χ2v) is 3.84. The van der Waals surface area contributed by atoms with Crippen molar-refractivity contribution in [3.63, 3.8) is 0 Å². The molecule has 0 aliphatic heterocycles. The molecule has 78 valence electrons. The van der Waals surface area contributed by atoms with Crippen LogP contribution in [0.15, 0.2) is 12.4 Å². The minimum Gasteiger partial charge on any atom is -0.322 e. The second-order valence-electron chi connectivity index (χ2n) is 3.84. The van der Waals surface area contributed by atoms with Crippen LogP contribution in [0.5, 0.6) is 0 Å². The fourth-order valence-electron chi connectivity index (χ4n) is 1.94. The van der Waals surface area contributed by atoms with Crippen LogP contribution < -0.4 is 5.32 Å². The van der Waals surface area contributed by atoms with Crippen molar-refractivity contribution < 1.29 is 4.79 Å². The SMILES string of the molecule is N#CC1(C(=O)Nc2cn[nH]c2)CCCC1. The molecule has 5 heteroatoms. The molecule has 0 unspecified atom stereocenters. The monoisotopic (exact) mass is 204 g/mol. The van der Waals surface area contributed by atoms with Gasteiger partial charge in [0.05, 0.1) is 18.0 Å². The first-order valence-electron chi connectivity index (χ1n) is 4.98. The summed E-state index contributed by atoms with van der Waals surface area (Å²) in [7, 11) is 0. The number of amides is 1. The average Bonchev–Trinajstić information content (AvgIpc) is 2.87. The van der Waals surface area contributed by atoms with E-state index in [0.717, 1.165) is 12.8 Å². The first-order chi connectivity index (χ1) is 7.27. The lowest BCUT2D eigenvalue weighted by Gasteiger charge is -2.18. The number of hydrogen-bond acceptors (Lipinski definition) is 3. The Morgan fingerprint density at radius 3 is 2.87 bits per heavy atom. The molecule has 1 aliphatic rings. The van der Waals surface area contributed by atoms with Gasteiger partial charge in [0.2, 0.25) is 5.91 Å². The summed E-state index contributed by atoms with van der Waals surface area (Å²) >= 11 is 0. The number of nitrogens with one attached hydrogen (secondary N) is 2. The number of H-pyrrole nitrogens is 1. The number of aromatic nitrogens is 2. The number of carbonyl (C=O) groups is 1. The predicted molar refractivity (Wildman–Crippen MR) is 53.7 cm³/mol. The molecule has 0 aromatic carbocycles. The number of anilines is 1. The highest BCUT2D eigenvalue weighted by Crippen LogP contribution is 2.38. The Labute approximate surface area is 87.5 Å². The normalized spacial score (nSPS) is 18.3. The molecule has 0 radical (unpaired) electrons. The molecule has 2 rings (SSSR count). The zero-order valence-corrected chi connectivity index (χ0v) is 8.29. The Bertz CT molecular complexity index is 384. The van der Waals surface area contributed by atoms with Gasteiger partial charge in [0, 0.05) is 6.20 Å². The number of nitriles is 1. The van der Waals surface area contributed by atoms with Crippen molar-refractivity contribution in [2.45, 2.75) is 25.7 Å². The molecule has 1 aliphatic carbocycles. The highest BCUT2D eigenvalue weighted by Gasteiger charge is 2.41. The van der Waals surface area contributed by atoms with Gasteiger partial charge in [-0.1, -0.05) is 12.8 Å². The van der Waals surface area contributed by atoms with Gasteiger partial charge in [0.15, 0.2) is 0 Å². The first-order valence-corrected chi connectivity index (χ1v) is 4.98. The zero-order chi connectivity index (χ0) is 10.7. The van der Waals surface area contributed by atoms with E-state index in [9.17, 15) is 4.79 Å². The minimum atomic E-state index is -0.822. The largest absolute Gasteiger partial charge is 0.322 e. The van der Waals surface area contributed by atoms with Gasteiger partial charge in [0.1, 0.15) is 5.41 Å². The summed E-state index contributed by atoms with van der Waals surface area (Å²) in [6, 6.07) is 2.15. The molecule has 1 aromatic heterocycles. The Hall–Kier alpha value is -1.83. The lowest BCUT2D eigenvalue weighted by atomic mass is 9.87. The quantitative estimate of drug-likeness (QED) is 0.764. The van der Waals surface area contributed by atoms with Crippen molar-refractivity contribution in [3.8, 4) is 6.07 Å². The van der Waals surface area contributed by atoms with E-state index in [4.69, 9.17) is 5.26 Å². The van der Waals surface area contributed by atoms with Crippen molar-refractivity contribution >= 4 is 11.6 Å². The molecule has 0 bridgehead atoms. The Balaban J connectivity index is 2.10. The molecule has 0 saturated heterocycles. The summed E-state index contributed by atoms with van der Waals surface area (Å²) in [6.45, 7) is 0. The molecule has 0 atom stereocenters. The Kier molecular flexibility index (Phi) is 2.42. The van der Waals surface area contributed by atoms with Crippen molar-refractivity contribution in [1.82, 2.24) is 10.2 Å². The van der Waals surface area contributed by atoms with E-state index in [2.05, 4.69) is 21.6 Å². The van der Waals surface area contributed by atoms with Crippen LogP contribution in [-0.2, 0) is 4.79 Å². The summed E-state index contributed by atoms with van der Waals surface area (Å²) in [4.78, 5) is 11.9. The molecular weight excluding hydrogens is 192 g/mol. The first kappa shape index (κ1) is 9.71. The van der Waals surface area contributed by atoms with Gasteiger partial charge in [-0.05, 0) is 12.8 Å². The Morgan fingerprint density at radius 2 is 2.33 bits per heavy atom. The number of hydrogen-bond donors (Lipinski definition) is 2. The summed E-state index contributed by atoms with van der Waals surface area (Å²) in [6.07, 6.45) is 6.34. The highest BCUT2D eigenvalue weighted by atomic mass is 16.2. The van der Waals surface area contributed by atoms with Crippen LogP contribution in [0.2, 0.25) is 0 Å². The summed E-state index contributed by atoms with van der Waals surface area (Å²) < 4.78 is 0. The fraction of sp³-hybridized carbons (Fsp3) is 0.500. The van der Waals surface area contributed by atoms with Crippen molar-refractivity contribution in [2.24, 2.45) is 5.41 Å². The fourth-order valence-corrected chi connectivity index (χ4v) is 1.94. The van der Waals surface area contributed by atoms with E-state index in [0.29, 0.717) is 18.5 Å². The van der Waals surface area contributed by atoms with Gasteiger partial charge in [-0.2, -0.15) is 10.4 Å². The third-order valence-corrected chi connectivity index (χ3v) is 2.86. The third kappa shape index (κ3) is 1.71. The van der Waals surface area contributed by atoms with Crippen LogP contribution in [0.4, 0.5) is 5.69 Å². The molecule has 1 saturated carbocycles. The van der Waals surface area contributed by atoms with Crippen LogP contribution >= 0.6 is 0 Å². The maximum absolute atomic E-state index is 11.9. The van der Waals surface area contributed by atoms with Gasteiger partial charge >= 0.3 is 0 Å². The summed E-state index contributed by atoms with van der Waals surface area (Å²) in [5.41, 5.74) is -0.210. The lowest BCUT2D eigenvalue weighted by Crippen LogP contribution is -2.32. The molecule has 2 N–H and O–H groups in total. The smallest absolute Gasteiger partial charge is 0.244 e. The van der Waals surface area contributed by atoms with Crippen LogP contribution in [0.3, 0.4) is 0 Å². The molecule has 1 aromatic rings. The van der Waals surface area contributed by atoms with Crippen molar-refractivity contribution in [2.75, 3.05) is 5.32 Å². The molecule has 1 amide bonds. The third-order valence-electron chi connectivity index (χ3n) is 2.86. The molecule has 1 heterocycles. The molecule has 0 spiro atoms. The van der Waals surface area contributed by atoms with E-state index in [1.54, 1.807) is 6.20 Å². The van der Waals surface area contributed by atoms with E-state index < -0.39 is 5.41 Å². The number of nitrogens with zero attached hydrogens (tertiary/aromatic N) is 2. The van der Waals surface area contributed by atoms with Crippen LogP contribution in [-0.4, -0.2) is 16.1 Å². The number of carbonyl (C=O) groups excluding carboxylic acids is 1. The standard InChI is InChI=1S/C10H12N4O/c11-7-10(3-1-2-4-10)9(15)14-8-5-12-13-6-8/h5-6H,1-4H2,(H,12,13)(H,14,15).